The van der Waals surface area contributed by atoms with Crippen LogP contribution in [0.15, 0.2) is 41.3 Å². The van der Waals surface area contributed by atoms with Crippen LogP contribution >= 0.6 is 0 Å². The molecule has 4 aromatic rings. The molecule has 1 aliphatic carbocycles. The minimum atomic E-state index is -0.107. The lowest BCUT2D eigenvalue weighted by Gasteiger charge is -2.35. The molecule has 0 bridgehead atoms. The average molecular weight is 515 g/mol. The summed E-state index contributed by atoms with van der Waals surface area (Å²) in [6, 6.07) is 11.3. The molecule has 6 rings (SSSR count). The molecular formula is C30H38N6O2. The molecule has 0 radical (unpaired) electrons. The largest absolute Gasteiger partial charge is 0.381 e. The maximum atomic E-state index is 12.8. The lowest BCUT2D eigenvalue weighted by atomic mass is 9.84. The number of anilines is 1. The number of ether oxygens (including phenoxy) is 1. The number of imidazole rings is 1. The van der Waals surface area contributed by atoms with Gasteiger partial charge in [0.15, 0.2) is 0 Å². The monoisotopic (exact) mass is 514 g/mol. The summed E-state index contributed by atoms with van der Waals surface area (Å²) in [4.78, 5) is 30.6. The van der Waals surface area contributed by atoms with Crippen LogP contribution in [0.1, 0.15) is 50.1 Å². The number of fused-ring (bicyclic) bond motifs is 3. The SMILES string of the molecule is CO[C@H]1CCC[C@H](c2nc3ccc(-c4ccc(N5CCC(N(C)C)CC5)nc4)cc3c3[nH]c(=O)n(C)c23)C1. The Kier molecular flexibility index (Phi) is 6.70. The highest BCUT2D eigenvalue weighted by atomic mass is 16.5. The van der Waals surface area contributed by atoms with Crippen molar-refractivity contribution >= 4 is 27.8 Å². The Morgan fingerprint density at radius 2 is 1.84 bits per heavy atom. The van der Waals surface area contributed by atoms with Gasteiger partial charge in [-0.3, -0.25) is 9.55 Å². The molecule has 0 spiro atoms. The first-order valence-electron chi connectivity index (χ1n) is 13.9. The van der Waals surface area contributed by atoms with Gasteiger partial charge in [-0.1, -0.05) is 12.5 Å². The van der Waals surface area contributed by atoms with E-state index in [2.05, 4.69) is 59.2 Å². The molecule has 8 nitrogen and oxygen atoms in total. The van der Waals surface area contributed by atoms with Crippen LogP contribution in [-0.4, -0.2) is 70.9 Å². The number of piperidine rings is 1. The summed E-state index contributed by atoms with van der Waals surface area (Å²) in [6.07, 6.45) is 8.73. The highest BCUT2D eigenvalue weighted by Gasteiger charge is 2.28. The number of benzene rings is 1. The van der Waals surface area contributed by atoms with Gasteiger partial charge >= 0.3 is 5.69 Å². The minimum absolute atomic E-state index is 0.107. The lowest BCUT2D eigenvalue weighted by Crippen LogP contribution is -2.42. The predicted molar refractivity (Wildman–Crippen MR) is 153 cm³/mol. The molecule has 0 unspecified atom stereocenters. The molecule has 2 atom stereocenters. The molecule has 1 saturated heterocycles. The number of H-pyrrole nitrogens is 1. The molecule has 1 N–H and O–H groups in total. The van der Waals surface area contributed by atoms with E-state index < -0.39 is 0 Å². The third kappa shape index (κ3) is 4.50. The number of hydrogen-bond acceptors (Lipinski definition) is 6. The zero-order chi connectivity index (χ0) is 26.4. The van der Waals surface area contributed by atoms with E-state index in [1.807, 2.05) is 13.2 Å². The van der Waals surface area contributed by atoms with Crippen LogP contribution in [0.5, 0.6) is 0 Å². The van der Waals surface area contributed by atoms with Gasteiger partial charge in [0, 0.05) is 56.4 Å². The maximum absolute atomic E-state index is 12.8. The van der Waals surface area contributed by atoms with Crippen molar-refractivity contribution in [3.63, 3.8) is 0 Å². The third-order valence-corrected chi connectivity index (χ3v) is 8.80. The molecule has 3 aromatic heterocycles. The highest BCUT2D eigenvalue weighted by Crippen LogP contribution is 2.38. The summed E-state index contributed by atoms with van der Waals surface area (Å²) in [5.41, 5.74) is 5.72. The van der Waals surface area contributed by atoms with Crippen LogP contribution in [0.25, 0.3) is 33.1 Å². The van der Waals surface area contributed by atoms with Crippen LogP contribution < -0.4 is 10.6 Å². The molecular weight excluding hydrogens is 476 g/mol. The summed E-state index contributed by atoms with van der Waals surface area (Å²) >= 11 is 0. The zero-order valence-electron chi connectivity index (χ0n) is 22.9. The summed E-state index contributed by atoms with van der Waals surface area (Å²) < 4.78 is 7.41. The second-order valence-corrected chi connectivity index (χ2v) is 11.2. The van der Waals surface area contributed by atoms with Crippen molar-refractivity contribution in [1.29, 1.82) is 0 Å². The lowest BCUT2D eigenvalue weighted by molar-refractivity contribution is 0.0632. The van der Waals surface area contributed by atoms with E-state index in [0.29, 0.717) is 6.04 Å². The topological polar surface area (TPSA) is 79.3 Å². The fourth-order valence-corrected chi connectivity index (χ4v) is 6.46. The van der Waals surface area contributed by atoms with Crippen molar-refractivity contribution in [2.24, 2.45) is 7.05 Å². The van der Waals surface area contributed by atoms with E-state index >= 15 is 0 Å². The Bertz CT molecular complexity index is 1500. The maximum Gasteiger partial charge on any atom is 0.326 e. The van der Waals surface area contributed by atoms with Crippen molar-refractivity contribution < 1.29 is 4.74 Å². The number of hydrogen-bond donors (Lipinski definition) is 1. The molecule has 200 valence electrons. The number of nitrogens with one attached hydrogen (secondary N) is 1. The molecule has 2 aliphatic rings. The molecule has 4 heterocycles. The quantitative estimate of drug-likeness (QED) is 0.417. The number of nitrogens with zero attached hydrogens (tertiary/aromatic N) is 5. The number of methoxy groups -OCH3 is 1. The Labute approximate surface area is 223 Å². The van der Waals surface area contributed by atoms with E-state index in [1.54, 1.807) is 11.7 Å². The van der Waals surface area contributed by atoms with Crippen LogP contribution in [-0.2, 0) is 11.8 Å². The molecule has 1 saturated carbocycles. The second-order valence-electron chi connectivity index (χ2n) is 11.2. The molecule has 1 aliphatic heterocycles. The van der Waals surface area contributed by atoms with Gasteiger partial charge in [0.25, 0.3) is 0 Å². The van der Waals surface area contributed by atoms with Gasteiger partial charge in [-0.15, -0.1) is 0 Å². The van der Waals surface area contributed by atoms with Gasteiger partial charge in [-0.2, -0.15) is 0 Å². The van der Waals surface area contributed by atoms with E-state index in [-0.39, 0.29) is 17.7 Å². The number of aromatic nitrogens is 4. The summed E-state index contributed by atoms with van der Waals surface area (Å²) in [5.74, 6) is 1.32. The Hall–Kier alpha value is -3.23. The van der Waals surface area contributed by atoms with Crippen molar-refractivity contribution in [3.8, 4) is 11.1 Å². The fourth-order valence-electron chi connectivity index (χ4n) is 6.46. The van der Waals surface area contributed by atoms with E-state index in [9.17, 15) is 4.79 Å². The molecule has 8 heteroatoms. The van der Waals surface area contributed by atoms with Crippen molar-refractivity contribution in [2.75, 3.05) is 39.2 Å². The Morgan fingerprint density at radius 3 is 2.55 bits per heavy atom. The van der Waals surface area contributed by atoms with Gasteiger partial charge in [0.05, 0.1) is 28.3 Å². The Morgan fingerprint density at radius 1 is 1.05 bits per heavy atom. The van der Waals surface area contributed by atoms with Crippen LogP contribution in [0, 0.1) is 0 Å². The predicted octanol–water partition coefficient (Wildman–Crippen LogP) is 4.68. The van der Waals surface area contributed by atoms with E-state index in [4.69, 9.17) is 14.7 Å². The van der Waals surface area contributed by atoms with Gasteiger partial charge < -0.3 is 19.5 Å². The number of aryl methyl sites for hydroxylation is 1. The fraction of sp³-hybridized carbons (Fsp3) is 0.500. The second kappa shape index (κ2) is 10.2. The molecule has 38 heavy (non-hydrogen) atoms. The molecule has 2 fully saturated rings. The Balaban J connectivity index is 1.34. The smallest absolute Gasteiger partial charge is 0.326 e. The van der Waals surface area contributed by atoms with Gasteiger partial charge in [0.2, 0.25) is 0 Å². The molecule has 0 amide bonds. The van der Waals surface area contributed by atoms with Crippen LogP contribution in [0.2, 0.25) is 0 Å². The van der Waals surface area contributed by atoms with Gasteiger partial charge in [0.1, 0.15) is 5.82 Å². The minimum Gasteiger partial charge on any atom is -0.381 e. The van der Waals surface area contributed by atoms with Gasteiger partial charge in [-0.25, -0.2) is 9.78 Å². The number of rotatable bonds is 5. The first-order chi connectivity index (χ1) is 18.4. The number of aromatic amines is 1. The summed E-state index contributed by atoms with van der Waals surface area (Å²) in [6.45, 7) is 2.06. The highest BCUT2D eigenvalue weighted by molar-refractivity contribution is 6.04. The summed E-state index contributed by atoms with van der Waals surface area (Å²) in [7, 11) is 7.96. The van der Waals surface area contributed by atoms with Gasteiger partial charge in [-0.05, 0) is 76.0 Å². The van der Waals surface area contributed by atoms with E-state index in [1.165, 1.54) is 0 Å². The zero-order valence-corrected chi connectivity index (χ0v) is 22.9. The van der Waals surface area contributed by atoms with Crippen LogP contribution in [0.3, 0.4) is 0 Å². The summed E-state index contributed by atoms with van der Waals surface area (Å²) in [5, 5.41) is 0.966. The standard InChI is InChI=1S/C30H38N6O2/c1-34(2)22-12-14-36(15-13-22)26-11-9-21(18-31-26)19-8-10-25-24(17-19)28-29(35(3)30(37)33-28)27(32-25)20-6-5-7-23(16-20)38-4/h8-11,17-18,20,22-23H,5-7,12-16H2,1-4H3,(H,33,37)/t20-,23-/m0/s1. The first kappa shape index (κ1) is 25.1. The van der Waals surface area contributed by atoms with Crippen molar-refractivity contribution in [3.05, 3.63) is 52.7 Å². The molecule has 1 aromatic carbocycles. The average Bonchev–Trinajstić information content (AvgIpc) is 3.26. The van der Waals surface area contributed by atoms with Crippen LogP contribution in [0.4, 0.5) is 5.82 Å². The normalized spacial score (nSPS) is 21.1. The van der Waals surface area contributed by atoms with Crippen molar-refractivity contribution in [2.45, 2.75) is 56.6 Å². The van der Waals surface area contributed by atoms with Crippen molar-refractivity contribution in [1.82, 2.24) is 24.4 Å². The number of pyridine rings is 2. The first-order valence-corrected chi connectivity index (χ1v) is 13.9. The van der Waals surface area contributed by atoms with E-state index in [0.717, 1.165) is 96.2 Å². The third-order valence-electron chi connectivity index (χ3n) is 8.80.